The summed E-state index contributed by atoms with van der Waals surface area (Å²) in [5, 5.41) is 29.6. The van der Waals surface area contributed by atoms with Crippen LogP contribution in [0.1, 0.15) is 44.1 Å². The summed E-state index contributed by atoms with van der Waals surface area (Å²) < 4.78 is 43.9. The zero-order valence-corrected chi connectivity index (χ0v) is 21.0. The lowest BCUT2D eigenvalue weighted by Crippen LogP contribution is -2.56. The Labute approximate surface area is 221 Å². The fourth-order valence-corrected chi connectivity index (χ4v) is 5.78. The summed E-state index contributed by atoms with van der Waals surface area (Å²) in [6, 6.07) is 9.75. The van der Waals surface area contributed by atoms with E-state index >= 15 is 0 Å². The summed E-state index contributed by atoms with van der Waals surface area (Å²) in [5.74, 6) is 0.193. The second kappa shape index (κ2) is 9.92. The molecule has 0 radical (unpaired) electrons. The molecule has 206 valence electrons. The summed E-state index contributed by atoms with van der Waals surface area (Å²) in [4.78, 5) is 28.2. The van der Waals surface area contributed by atoms with Crippen molar-refractivity contribution >= 4 is 28.5 Å². The molecule has 13 heteroatoms. The molecule has 0 saturated carbocycles. The molecule has 1 atom stereocenters. The highest BCUT2D eigenvalue weighted by atomic mass is 19.4. The third-order valence-corrected chi connectivity index (χ3v) is 7.96. The van der Waals surface area contributed by atoms with Gasteiger partial charge in [0.15, 0.2) is 5.82 Å². The topological polar surface area (TPSA) is 139 Å². The van der Waals surface area contributed by atoms with Gasteiger partial charge < -0.3 is 20.3 Å². The Bertz CT molecular complexity index is 1460. The van der Waals surface area contributed by atoms with E-state index < -0.39 is 28.9 Å². The number of piperidine rings is 2. The van der Waals surface area contributed by atoms with E-state index in [2.05, 4.69) is 26.8 Å². The summed E-state index contributed by atoms with van der Waals surface area (Å²) in [6.45, 7) is 0.696. The second-order valence-electron chi connectivity index (χ2n) is 10.1. The fraction of sp³-hybridized carbons (Fsp3) is 0.462. The zero-order chi connectivity index (χ0) is 27.8. The van der Waals surface area contributed by atoms with Gasteiger partial charge in [0.05, 0.1) is 23.5 Å². The van der Waals surface area contributed by atoms with Crippen molar-refractivity contribution in [2.75, 3.05) is 25.0 Å². The van der Waals surface area contributed by atoms with Crippen LogP contribution in [0.3, 0.4) is 0 Å². The van der Waals surface area contributed by atoms with Crippen LogP contribution in [0.25, 0.3) is 10.9 Å². The summed E-state index contributed by atoms with van der Waals surface area (Å²) in [6.07, 6.45) is -2.20. The van der Waals surface area contributed by atoms with Gasteiger partial charge >= 0.3 is 12.3 Å². The SMILES string of the molecule is N#CCC1(n2nc(Nc3ccc(C4(C(F)(F)F)CCCCN4)cc3)c3c(=O)[nH]ccc32)CCN(C(=O)O)CC1. The number of nitrogens with one attached hydrogen (secondary N) is 3. The Morgan fingerprint density at radius 2 is 1.87 bits per heavy atom. The molecule has 39 heavy (non-hydrogen) atoms. The minimum absolute atomic E-state index is 0.0476. The molecule has 2 saturated heterocycles. The average Bonchev–Trinajstić information content (AvgIpc) is 3.29. The van der Waals surface area contributed by atoms with Crippen LogP contribution >= 0.6 is 0 Å². The Kier molecular flexibility index (Phi) is 6.76. The molecular weight excluding hydrogens is 515 g/mol. The first kappa shape index (κ1) is 26.6. The Hall–Kier alpha value is -4.05. The first-order valence-electron chi connectivity index (χ1n) is 12.8. The van der Waals surface area contributed by atoms with Crippen LogP contribution in [0.5, 0.6) is 0 Å². The minimum Gasteiger partial charge on any atom is -0.465 e. The molecule has 1 unspecified atom stereocenters. The number of nitrogens with zero attached hydrogens (tertiary/aromatic N) is 4. The van der Waals surface area contributed by atoms with Gasteiger partial charge in [-0.25, -0.2) is 4.79 Å². The molecule has 2 aliphatic rings. The molecular formula is C26H28F3N7O3. The molecule has 1 aromatic carbocycles. The molecule has 3 aromatic rings. The molecule has 2 aliphatic heterocycles. The van der Waals surface area contributed by atoms with E-state index in [1.807, 2.05) is 0 Å². The number of aromatic amines is 1. The largest absolute Gasteiger partial charge is 0.465 e. The average molecular weight is 544 g/mol. The van der Waals surface area contributed by atoms with Gasteiger partial charge in [-0.2, -0.15) is 23.5 Å². The van der Waals surface area contributed by atoms with Crippen LogP contribution in [0, 0.1) is 11.3 Å². The van der Waals surface area contributed by atoms with Crippen LogP contribution in [0.15, 0.2) is 41.3 Å². The molecule has 2 aromatic heterocycles. The Morgan fingerprint density at radius 1 is 1.15 bits per heavy atom. The highest BCUT2D eigenvalue weighted by Gasteiger charge is 2.56. The van der Waals surface area contributed by atoms with Gasteiger partial charge in [0, 0.05) is 25.0 Å². The summed E-state index contributed by atoms with van der Waals surface area (Å²) in [7, 11) is 0. The van der Waals surface area contributed by atoms with Crippen molar-refractivity contribution < 1.29 is 23.1 Å². The Morgan fingerprint density at radius 3 is 2.46 bits per heavy atom. The highest BCUT2D eigenvalue weighted by Crippen LogP contribution is 2.45. The fourth-order valence-electron chi connectivity index (χ4n) is 5.78. The number of anilines is 2. The standard InChI is InChI=1S/C26H28F3N7O3/c27-26(28,29)25(8-1-2-13-32-25)17-3-5-18(6-4-17)33-21-20-19(7-14-31-22(20)37)36(34-21)24(9-12-30)10-15-35(16-11-24)23(38)39/h3-7,14,32H,1-2,8-11,13,15-16H2,(H,31,37)(H,33,34)(H,38,39). The van der Waals surface area contributed by atoms with E-state index in [1.54, 1.807) is 10.7 Å². The van der Waals surface area contributed by atoms with Crippen LogP contribution < -0.4 is 16.2 Å². The van der Waals surface area contributed by atoms with Crippen molar-refractivity contribution in [2.45, 2.75) is 55.8 Å². The van der Waals surface area contributed by atoms with Gasteiger partial charge in [-0.15, -0.1) is 0 Å². The number of alkyl halides is 3. The summed E-state index contributed by atoms with van der Waals surface area (Å²) in [5.41, 5.74) is -2.33. The van der Waals surface area contributed by atoms with Crippen molar-refractivity contribution in [3.05, 3.63) is 52.4 Å². The molecule has 4 N–H and O–H groups in total. The molecule has 2 fully saturated rings. The number of benzene rings is 1. The van der Waals surface area contributed by atoms with E-state index in [1.165, 1.54) is 35.4 Å². The monoisotopic (exact) mass is 543 g/mol. The Balaban J connectivity index is 1.51. The number of hydrogen-bond acceptors (Lipinski definition) is 6. The predicted octanol–water partition coefficient (Wildman–Crippen LogP) is 4.38. The normalized spacial score (nSPS) is 21.4. The van der Waals surface area contributed by atoms with Gasteiger partial charge in [0.25, 0.3) is 5.56 Å². The van der Waals surface area contributed by atoms with Gasteiger partial charge in [0.1, 0.15) is 10.9 Å². The predicted molar refractivity (Wildman–Crippen MR) is 137 cm³/mol. The molecule has 0 aliphatic carbocycles. The number of carboxylic acid groups (broad SMARTS) is 1. The molecule has 0 bridgehead atoms. The van der Waals surface area contributed by atoms with Crippen LogP contribution in [-0.4, -0.2) is 56.7 Å². The zero-order valence-electron chi connectivity index (χ0n) is 21.0. The lowest BCUT2D eigenvalue weighted by atomic mass is 9.81. The molecule has 1 amide bonds. The first-order valence-corrected chi connectivity index (χ1v) is 12.8. The number of hydrogen-bond donors (Lipinski definition) is 4. The maximum absolute atomic E-state index is 14.1. The number of rotatable bonds is 5. The molecule has 5 rings (SSSR count). The number of pyridine rings is 1. The number of H-pyrrole nitrogens is 1. The van der Waals surface area contributed by atoms with E-state index in [4.69, 9.17) is 0 Å². The van der Waals surface area contributed by atoms with E-state index in [0.29, 0.717) is 36.9 Å². The maximum Gasteiger partial charge on any atom is 0.410 e. The van der Waals surface area contributed by atoms with Crippen molar-refractivity contribution in [1.29, 1.82) is 5.26 Å². The lowest BCUT2D eigenvalue weighted by Gasteiger charge is -2.40. The van der Waals surface area contributed by atoms with Gasteiger partial charge in [-0.1, -0.05) is 12.1 Å². The first-order chi connectivity index (χ1) is 18.6. The van der Waals surface area contributed by atoms with Gasteiger partial charge in [-0.05, 0) is 62.4 Å². The van der Waals surface area contributed by atoms with Crippen molar-refractivity contribution in [3.63, 3.8) is 0 Å². The number of aromatic nitrogens is 3. The number of nitriles is 1. The lowest BCUT2D eigenvalue weighted by molar-refractivity contribution is -0.207. The maximum atomic E-state index is 14.1. The third-order valence-electron chi connectivity index (χ3n) is 7.96. The van der Waals surface area contributed by atoms with E-state index in [-0.39, 0.29) is 49.2 Å². The number of fused-ring (bicyclic) bond motifs is 1. The molecule has 10 nitrogen and oxygen atoms in total. The second-order valence-corrected chi connectivity index (χ2v) is 10.1. The number of amides is 1. The third kappa shape index (κ3) is 4.58. The minimum atomic E-state index is -4.46. The van der Waals surface area contributed by atoms with Gasteiger partial charge in [0.2, 0.25) is 0 Å². The van der Waals surface area contributed by atoms with E-state index in [9.17, 15) is 33.1 Å². The van der Waals surface area contributed by atoms with Crippen LogP contribution in [-0.2, 0) is 11.1 Å². The quantitative estimate of drug-likeness (QED) is 0.375. The van der Waals surface area contributed by atoms with E-state index in [0.717, 1.165) is 0 Å². The number of likely N-dealkylation sites (tertiary alicyclic amines) is 1. The summed E-state index contributed by atoms with van der Waals surface area (Å²) >= 11 is 0. The smallest absolute Gasteiger partial charge is 0.410 e. The number of halogens is 3. The van der Waals surface area contributed by atoms with Gasteiger partial charge in [-0.3, -0.25) is 14.8 Å². The molecule has 4 heterocycles. The van der Waals surface area contributed by atoms with Crippen molar-refractivity contribution in [3.8, 4) is 6.07 Å². The van der Waals surface area contributed by atoms with Crippen LogP contribution in [0.4, 0.5) is 29.5 Å². The van der Waals surface area contributed by atoms with Crippen molar-refractivity contribution in [2.24, 2.45) is 0 Å². The highest BCUT2D eigenvalue weighted by molar-refractivity contribution is 5.91. The number of carbonyl (C=O) groups is 1. The van der Waals surface area contributed by atoms with Crippen molar-refractivity contribution in [1.82, 2.24) is 25.0 Å². The van der Waals surface area contributed by atoms with Crippen LogP contribution in [0.2, 0.25) is 0 Å². The molecule has 0 spiro atoms.